The Bertz CT molecular complexity index is 1460. The van der Waals surface area contributed by atoms with Crippen LogP contribution in [0.15, 0.2) is 48.7 Å². The fourth-order valence-electron chi connectivity index (χ4n) is 4.71. The monoisotopic (exact) mass is 608 g/mol. The number of aromatic amines is 1. The van der Waals surface area contributed by atoms with Crippen molar-refractivity contribution in [2.24, 2.45) is 0 Å². The van der Waals surface area contributed by atoms with Gasteiger partial charge in [0.2, 0.25) is 17.7 Å². The molecular formula is C31H37FN6O6. The average Bonchev–Trinajstić information content (AvgIpc) is 3.53. The summed E-state index contributed by atoms with van der Waals surface area (Å²) in [6, 6.07) is 9.82. The van der Waals surface area contributed by atoms with Crippen molar-refractivity contribution in [1.82, 2.24) is 31.0 Å². The number of benzene rings is 2. The molecule has 0 radical (unpaired) electrons. The number of nitrogens with one attached hydrogen (secondary N) is 4. The van der Waals surface area contributed by atoms with Crippen molar-refractivity contribution in [2.75, 3.05) is 26.7 Å². The summed E-state index contributed by atoms with van der Waals surface area (Å²) in [7, 11) is 1.44. The number of hydrogen-bond acceptors (Lipinski definition) is 7. The van der Waals surface area contributed by atoms with Crippen molar-refractivity contribution in [3.8, 4) is 17.2 Å². The molecule has 3 aromatic rings. The molecule has 0 spiro atoms. The number of rotatable bonds is 4. The molecule has 0 saturated carbocycles. The predicted molar refractivity (Wildman–Crippen MR) is 159 cm³/mol. The normalized spacial score (nSPS) is 17.2. The Labute approximate surface area is 254 Å². The lowest BCUT2D eigenvalue weighted by Crippen LogP contribution is -2.46. The third-order valence-corrected chi connectivity index (χ3v) is 7.14. The first-order valence-corrected chi connectivity index (χ1v) is 14.5. The topological polar surface area (TPSA) is 155 Å². The van der Waals surface area contributed by atoms with Gasteiger partial charge in [0.1, 0.15) is 6.04 Å². The third kappa shape index (κ3) is 8.79. The number of nitrogens with zero attached hydrogens (tertiary/aromatic N) is 2. The fourth-order valence-corrected chi connectivity index (χ4v) is 4.71. The summed E-state index contributed by atoms with van der Waals surface area (Å²) in [5.74, 6) is -1.53. The van der Waals surface area contributed by atoms with Gasteiger partial charge in [-0.3, -0.25) is 24.3 Å². The van der Waals surface area contributed by atoms with Gasteiger partial charge >= 0.3 is 0 Å². The van der Waals surface area contributed by atoms with Crippen LogP contribution in [0.4, 0.5) is 4.39 Å². The van der Waals surface area contributed by atoms with Gasteiger partial charge in [0.15, 0.2) is 23.1 Å². The highest BCUT2D eigenvalue weighted by molar-refractivity contribution is 5.95. The molecule has 2 aliphatic heterocycles. The van der Waals surface area contributed by atoms with Gasteiger partial charge in [-0.15, -0.1) is 0 Å². The number of halogens is 1. The molecule has 2 aromatic carbocycles. The van der Waals surface area contributed by atoms with Gasteiger partial charge in [0, 0.05) is 50.1 Å². The number of methoxy groups -OCH3 is 1. The summed E-state index contributed by atoms with van der Waals surface area (Å²) in [4.78, 5) is 53.1. The molecule has 234 valence electrons. The van der Waals surface area contributed by atoms with Crippen LogP contribution in [-0.4, -0.2) is 71.5 Å². The first-order chi connectivity index (χ1) is 21.3. The number of H-pyrrole nitrogens is 1. The van der Waals surface area contributed by atoms with Crippen LogP contribution in [0.25, 0.3) is 0 Å². The van der Waals surface area contributed by atoms with E-state index in [4.69, 9.17) is 9.47 Å². The lowest BCUT2D eigenvalue weighted by atomic mass is 10.1. The molecule has 0 fully saturated rings. The summed E-state index contributed by atoms with van der Waals surface area (Å²) in [6.07, 6.45) is 3.00. The minimum absolute atomic E-state index is 0.0365. The lowest BCUT2D eigenvalue weighted by molar-refractivity contribution is -0.131. The van der Waals surface area contributed by atoms with E-state index in [9.17, 15) is 23.6 Å². The lowest BCUT2D eigenvalue weighted by Gasteiger charge is -2.23. The van der Waals surface area contributed by atoms with Crippen LogP contribution in [0.2, 0.25) is 0 Å². The minimum atomic E-state index is -0.766. The standard InChI is InChI=1S/C31H37FN6O6/c1-3-24-31(42)34-19-20-7-9-25(23(32)16-20)44-27-17-21(8-10-26(27)43-2)30(41)33-12-5-15-38(14-4-6-28(39)36-24)29(40)18-22-11-13-35-37-22/h7-11,13,16-17,24H,3-6,12,14-15,18-19H2,1-2H3,(H,33,41)(H,34,42)(H,35,37)(H,36,39)/t24-/m0/s1. The maximum Gasteiger partial charge on any atom is 0.251 e. The molecule has 0 unspecified atom stereocenters. The van der Waals surface area contributed by atoms with Gasteiger partial charge in [-0.05, 0) is 61.2 Å². The van der Waals surface area contributed by atoms with Gasteiger partial charge in [0.25, 0.3) is 5.91 Å². The number of hydrogen-bond donors (Lipinski definition) is 4. The van der Waals surface area contributed by atoms with Crippen LogP contribution >= 0.6 is 0 Å². The first kappa shape index (κ1) is 32.0. The maximum atomic E-state index is 15.0. The molecule has 44 heavy (non-hydrogen) atoms. The zero-order valence-corrected chi connectivity index (χ0v) is 24.8. The Morgan fingerprint density at radius 1 is 1.07 bits per heavy atom. The number of carbonyl (C=O) groups is 4. The molecule has 4 amide bonds. The van der Waals surface area contributed by atoms with Gasteiger partial charge in [-0.1, -0.05) is 13.0 Å². The van der Waals surface area contributed by atoms with E-state index in [1.54, 1.807) is 42.3 Å². The molecule has 4 bridgehead atoms. The van der Waals surface area contributed by atoms with Crippen LogP contribution in [-0.2, 0) is 27.3 Å². The van der Waals surface area contributed by atoms with E-state index in [1.807, 2.05) is 0 Å². The van der Waals surface area contributed by atoms with E-state index in [2.05, 4.69) is 26.1 Å². The van der Waals surface area contributed by atoms with Crippen molar-refractivity contribution in [1.29, 1.82) is 0 Å². The van der Waals surface area contributed by atoms with E-state index >= 15 is 0 Å². The Hall–Kier alpha value is -4.94. The Kier molecular flexibility index (Phi) is 11.3. The third-order valence-electron chi connectivity index (χ3n) is 7.14. The second-order valence-electron chi connectivity index (χ2n) is 10.3. The van der Waals surface area contributed by atoms with Crippen molar-refractivity contribution in [3.63, 3.8) is 0 Å². The van der Waals surface area contributed by atoms with Crippen LogP contribution in [0.3, 0.4) is 0 Å². The van der Waals surface area contributed by atoms with Crippen LogP contribution in [0, 0.1) is 5.82 Å². The van der Waals surface area contributed by atoms with Crippen LogP contribution in [0.5, 0.6) is 17.2 Å². The van der Waals surface area contributed by atoms with Gasteiger partial charge in [0.05, 0.1) is 13.5 Å². The predicted octanol–water partition coefficient (Wildman–Crippen LogP) is 2.85. The zero-order valence-electron chi connectivity index (χ0n) is 24.8. The van der Waals surface area contributed by atoms with E-state index < -0.39 is 17.8 Å². The van der Waals surface area contributed by atoms with Gasteiger partial charge < -0.3 is 30.3 Å². The highest BCUT2D eigenvalue weighted by Crippen LogP contribution is 2.34. The number of carbonyl (C=O) groups excluding carboxylic acids is 4. The minimum Gasteiger partial charge on any atom is -0.493 e. The quantitative estimate of drug-likeness (QED) is 0.355. The molecule has 3 heterocycles. The Morgan fingerprint density at radius 2 is 1.89 bits per heavy atom. The molecule has 4 N–H and O–H groups in total. The number of ether oxygens (including phenoxy) is 2. The number of amides is 4. The van der Waals surface area contributed by atoms with E-state index in [0.717, 1.165) is 0 Å². The van der Waals surface area contributed by atoms with Crippen molar-refractivity contribution in [2.45, 2.75) is 51.6 Å². The highest BCUT2D eigenvalue weighted by Gasteiger charge is 2.21. The van der Waals surface area contributed by atoms with Gasteiger partial charge in [-0.25, -0.2) is 4.39 Å². The molecule has 5 rings (SSSR count). The van der Waals surface area contributed by atoms with E-state index in [-0.39, 0.29) is 60.7 Å². The Morgan fingerprint density at radius 3 is 2.61 bits per heavy atom. The highest BCUT2D eigenvalue weighted by atomic mass is 19.1. The van der Waals surface area contributed by atoms with Crippen molar-refractivity contribution >= 4 is 23.6 Å². The van der Waals surface area contributed by atoms with E-state index in [0.29, 0.717) is 49.4 Å². The second kappa shape index (κ2) is 15.5. The SMILES string of the molecule is CC[C@@H]1NC(=O)CCCN(C(=O)Cc2ccn[nH]2)CCCNC(=O)c2ccc(OC)c(c2)Oc2ccc(cc2F)CNC1=O. The van der Waals surface area contributed by atoms with Crippen molar-refractivity contribution < 1.29 is 33.0 Å². The number of aromatic nitrogens is 2. The molecule has 2 aliphatic rings. The summed E-state index contributed by atoms with van der Waals surface area (Å²) in [5, 5.41) is 15.0. The molecule has 1 aromatic heterocycles. The first-order valence-electron chi connectivity index (χ1n) is 14.5. The van der Waals surface area contributed by atoms with Crippen LogP contribution in [0.1, 0.15) is 54.2 Å². The Balaban J connectivity index is 1.54. The second-order valence-corrected chi connectivity index (χ2v) is 10.3. The van der Waals surface area contributed by atoms with Crippen LogP contribution < -0.4 is 25.4 Å². The zero-order chi connectivity index (χ0) is 31.5. The molecule has 0 aliphatic carbocycles. The van der Waals surface area contributed by atoms with Gasteiger partial charge in [-0.2, -0.15) is 5.10 Å². The summed E-state index contributed by atoms with van der Waals surface area (Å²) in [5.41, 5.74) is 1.43. The molecular weight excluding hydrogens is 571 g/mol. The summed E-state index contributed by atoms with van der Waals surface area (Å²) in [6.45, 7) is 2.76. The van der Waals surface area contributed by atoms with E-state index in [1.165, 1.54) is 25.3 Å². The molecule has 13 heteroatoms. The fraction of sp³-hybridized carbons (Fsp3) is 0.387. The average molecular weight is 609 g/mol. The largest absolute Gasteiger partial charge is 0.493 e. The smallest absolute Gasteiger partial charge is 0.251 e. The van der Waals surface area contributed by atoms with Crippen molar-refractivity contribution in [3.05, 3.63) is 71.3 Å². The summed E-state index contributed by atoms with van der Waals surface area (Å²) < 4.78 is 26.1. The maximum absolute atomic E-state index is 15.0. The molecule has 0 saturated heterocycles. The summed E-state index contributed by atoms with van der Waals surface area (Å²) >= 11 is 0. The molecule has 12 nitrogen and oxygen atoms in total. The number of fused-ring (bicyclic) bond motifs is 16. The molecule has 1 atom stereocenters.